The molecule has 0 amide bonds. The van der Waals surface area contributed by atoms with E-state index in [9.17, 15) is 5.11 Å². The van der Waals surface area contributed by atoms with Crippen molar-refractivity contribution in [1.29, 1.82) is 0 Å². The van der Waals surface area contributed by atoms with Crippen LogP contribution in [0.15, 0.2) is 10.5 Å². The monoisotopic (exact) mass is 286 g/mol. The lowest BCUT2D eigenvalue weighted by atomic mass is 10.00. The zero-order valence-electron chi connectivity index (χ0n) is 9.63. The summed E-state index contributed by atoms with van der Waals surface area (Å²) in [5.41, 5.74) is 1.16. The first-order valence-electron chi connectivity index (χ1n) is 5.17. The fraction of sp³-hybridized carbons (Fsp3) is 0.500. The zero-order chi connectivity index (χ0) is 11.9. The van der Waals surface area contributed by atoms with Crippen LogP contribution in [0.25, 0.3) is 0 Å². The third-order valence-corrected chi connectivity index (χ3v) is 3.57. The van der Waals surface area contributed by atoms with Crippen molar-refractivity contribution in [2.45, 2.75) is 25.4 Å². The molecule has 88 valence electrons. The van der Waals surface area contributed by atoms with Crippen molar-refractivity contribution in [2.75, 3.05) is 14.2 Å². The van der Waals surface area contributed by atoms with Gasteiger partial charge in [0.15, 0.2) is 11.5 Å². The number of ether oxygens (including phenoxy) is 2. The highest BCUT2D eigenvalue weighted by Gasteiger charge is 2.46. The highest BCUT2D eigenvalue weighted by molar-refractivity contribution is 9.10. The molecule has 1 aliphatic carbocycles. The highest BCUT2D eigenvalue weighted by Crippen LogP contribution is 2.53. The Hall–Kier alpha value is -0.740. The van der Waals surface area contributed by atoms with E-state index in [2.05, 4.69) is 15.9 Å². The lowest BCUT2D eigenvalue weighted by Crippen LogP contribution is -2.10. The molecule has 1 N–H and O–H groups in total. The first kappa shape index (κ1) is 11.7. The number of aliphatic hydroxyl groups is 1. The number of halogens is 1. The average Bonchev–Trinajstić information content (AvgIpc) is 2.95. The normalized spacial score (nSPS) is 17.1. The quantitative estimate of drug-likeness (QED) is 0.929. The summed E-state index contributed by atoms with van der Waals surface area (Å²) in [6.07, 6.45) is 1.57. The van der Waals surface area contributed by atoms with Crippen LogP contribution in [0.1, 0.15) is 24.0 Å². The molecule has 3 nitrogen and oxygen atoms in total. The molecule has 0 bridgehead atoms. The van der Waals surface area contributed by atoms with Crippen LogP contribution >= 0.6 is 15.9 Å². The Balaban J connectivity index is 2.66. The fourth-order valence-electron chi connectivity index (χ4n) is 2.06. The van der Waals surface area contributed by atoms with Gasteiger partial charge in [-0.05, 0) is 47.3 Å². The van der Waals surface area contributed by atoms with Gasteiger partial charge in [-0.1, -0.05) is 0 Å². The van der Waals surface area contributed by atoms with Gasteiger partial charge in [-0.25, -0.2) is 0 Å². The standard InChI is InChI=1S/C12H15BrO3/c1-7-6-8(13)10(15-2)11(16-3)9(7)12(14)4-5-12/h6,14H,4-5H2,1-3H3. The van der Waals surface area contributed by atoms with Crippen molar-refractivity contribution in [3.63, 3.8) is 0 Å². The summed E-state index contributed by atoms with van der Waals surface area (Å²) < 4.78 is 11.5. The minimum atomic E-state index is -0.719. The summed E-state index contributed by atoms with van der Waals surface area (Å²) >= 11 is 3.43. The molecule has 0 aliphatic heterocycles. The first-order chi connectivity index (χ1) is 7.53. The van der Waals surface area contributed by atoms with Crippen molar-refractivity contribution in [2.24, 2.45) is 0 Å². The average molecular weight is 287 g/mol. The van der Waals surface area contributed by atoms with Gasteiger partial charge >= 0.3 is 0 Å². The van der Waals surface area contributed by atoms with Gasteiger partial charge in [-0.15, -0.1) is 0 Å². The molecule has 4 heteroatoms. The third-order valence-electron chi connectivity index (χ3n) is 2.98. The van der Waals surface area contributed by atoms with Crippen LogP contribution in [-0.4, -0.2) is 19.3 Å². The molecule has 1 fully saturated rings. The van der Waals surface area contributed by atoms with Gasteiger partial charge in [0, 0.05) is 5.56 Å². The van der Waals surface area contributed by atoms with Gasteiger partial charge < -0.3 is 14.6 Å². The summed E-state index contributed by atoms with van der Waals surface area (Å²) in [6, 6.07) is 1.95. The van der Waals surface area contributed by atoms with Crippen LogP contribution in [0.3, 0.4) is 0 Å². The molecule has 0 spiro atoms. The van der Waals surface area contributed by atoms with E-state index < -0.39 is 5.60 Å². The van der Waals surface area contributed by atoms with Crippen molar-refractivity contribution >= 4 is 15.9 Å². The van der Waals surface area contributed by atoms with E-state index in [1.807, 2.05) is 13.0 Å². The van der Waals surface area contributed by atoms with Crippen LogP contribution in [0.4, 0.5) is 0 Å². The van der Waals surface area contributed by atoms with Gasteiger partial charge in [0.25, 0.3) is 0 Å². The fourth-order valence-corrected chi connectivity index (χ4v) is 2.75. The van der Waals surface area contributed by atoms with E-state index in [1.54, 1.807) is 14.2 Å². The van der Waals surface area contributed by atoms with Gasteiger partial charge in [0.2, 0.25) is 0 Å². The van der Waals surface area contributed by atoms with Crippen LogP contribution in [-0.2, 0) is 5.60 Å². The summed E-state index contributed by atoms with van der Waals surface area (Å²) in [6.45, 7) is 1.97. The topological polar surface area (TPSA) is 38.7 Å². The van der Waals surface area contributed by atoms with Crippen LogP contribution in [0.2, 0.25) is 0 Å². The van der Waals surface area contributed by atoms with Gasteiger partial charge in [0.1, 0.15) is 0 Å². The molecule has 0 unspecified atom stereocenters. The highest BCUT2D eigenvalue weighted by atomic mass is 79.9. The summed E-state index contributed by atoms with van der Waals surface area (Å²) in [4.78, 5) is 0. The minimum absolute atomic E-state index is 0.634. The summed E-state index contributed by atoms with van der Waals surface area (Å²) in [7, 11) is 3.19. The van der Waals surface area contributed by atoms with Crippen LogP contribution in [0.5, 0.6) is 11.5 Å². The number of rotatable bonds is 3. The maximum Gasteiger partial charge on any atom is 0.175 e. The number of hydrogen-bond acceptors (Lipinski definition) is 3. The van der Waals surface area contributed by atoms with Crippen molar-refractivity contribution in [3.05, 3.63) is 21.7 Å². The van der Waals surface area contributed by atoms with Gasteiger partial charge in [0.05, 0.1) is 24.3 Å². The van der Waals surface area contributed by atoms with Gasteiger partial charge in [-0.2, -0.15) is 0 Å². The Bertz CT molecular complexity index is 425. The molecule has 0 aromatic heterocycles. The molecule has 2 rings (SSSR count). The molecule has 0 atom stereocenters. The summed E-state index contributed by atoms with van der Waals surface area (Å²) in [5, 5.41) is 10.3. The van der Waals surface area contributed by atoms with E-state index in [1.165, 1.54) is 0 Å². The Morgan fingerprint density at radius 2 is 1.81 bits per heavy atom. The van der Waals surface area contributed by atoms with E-state index in [-0.39, 0.29) is 0 Å². The largest absolute Gasteiger partial charge is 0.492 e. The second-order valence-corrected chi connectivity index (χ2v) is 5.00. The Morgan fingerprint density at radius 1 is 1.25 bits per heavy atom. The minimum Gasteiger partial charge on any atom is -0.492 e. The van der Waals surface area contributed by atoms with Gasteiger partial charge in [-0.3, -0.25) is 0 Å². The van der Waals surface area contributed by atoms with E-state index in [0.29, 0.717) is 11.5 Å². The lowest BCUT2D eigenvalue weighted by Gasteiger charge is -2.20. The lowest BCUT2D eigenvalue weighted by molar-refractivity contribution is 0.145. The number of aryl methyl sites for hydroxylation is 1. The Kier molecular flexibility index (Phi) is 2.88. The second-order valence-electron chi connectivity index (χ2n) is 4.15. The van der Waals surface area contributed by atoms with Crippen LogP contribution < -0.4 is 9.47 Å². The summed E-state index contributed by atoms with van der Waals surface area (Å²) in [5.74, 6) is 1.28. The smallest absolute Gasteiger partial charge is 0.175 e. The molecule has 0 heterocycles. The zero-order valence-corrected chi connectivity index (χ0v) is 11.2. The molecule has 1 aromatic rings. The van der Waals surface area contributed by atoms with E-state index in [0.717, 1.165) is 28.4 Å². The molecular formula is C12H15BrO3. The third kappa shape index (κ3) is 1.70. The molecule has 0 radical (unpaired) electrons. The van der Waals surface area contributed by atoms with E-state index in [4.69, 9.17) is 9.47 Å². The Labute approximate surface area is 104 Å². The maximum absolute atomic E-state index is 10.3. The molecular weight excluding hydrogens is 272 g/mol. The first-order valence-corrected chi connectivity index (χ1v) is 5.96. The maximum atomic E-state index is 10.3. The van der Waals surface area contributed by atoms with Crippen LogP contribution in [0, 0.1) is 6.92 Å². The molecule has 1 saturated carbocycles. The molecule has 16 heavy (non-hydrogen) atoms. The number of hydrogen-bond donors (Lipinski definition) is 1. The van der Waals surface area contributed by atoms with Crippen molar-refractivity contribution in [1.82, 2.24) is 0 Å². The molecule has 0 saturated heterocycles. The Morgan fingerprint density at radius 3 is 2.25 bits per heavy atom. The number of benzene rings is 1. The predicted octanol–water partition coefficient (Wildman–Crippen LogP) is 2.76. The molecule has 1 aromatic carbocycles. The van der Waals surface area contributed by atoms with E-state index >= 15 is 0 Å². The second kappa shape index (κ2) is 3.93. The van der Waals surface area contributed by atoms with Crippen molar-refractivity contribution in [3.8, 4) is 11.5 Å². The predicted molar refractivity (Wildman–Crippen MR) is 65.1 cm³/mol. The van der Waals surface area contributed by atoms with Crippen molar-refractivity contribution < 1.29 is 14.6 Å². The molecule has 1 aliphatic rings. The SMILES string of the molecule is COc1c(Br)cc(C)c(C2(O)CC2)c1OC. The number of methoxy groups -OCH3 is 2.